The van der Waals surface area contributed by atoms with Crippen LogP contribution in [0.3, 0.4) is 0 Å². The molecule has 1 aromatic heterocycles. The van der Waals surface area contributed by atoms with E-state index in [0.717, 1.165) is 107 Å². The van der Waals surface area contributed by atoms with Gasteiger partial charge in [-0.25, -0.2) is 0 Å². The van der Waals surface area contributed by atoms with E-state index in [0.29, 0.717) is 12.5 Å². The molecule has 1 heterocycles. The molecule has 0 radical (unpaired) electrons. The van der Waals surface area contributed by atoms with Crippen LogP contribution in [-0.4, -0.2) is 6.54 Å². The van der Waals surface area contributed by atoms with Gasteiger partial charge in [0.1, 0.15) is 11.3 Å². The number of hydrogen-bond acceptors (Lipinski definition) is 5. The summed E-state index contributed by atoms with van der Waals surface area (Å²) in [5.74, 6) is 2.00. The summed E-state index contributed by atoms with van der Waals surface area (Å²) in [5, 5.41) is 8.86. The number of ether oxygens (including phenoxy) is 1. The number of nitrogens with two attached hydrogens (primary N) is 1. The van der Waals surface area contributed by atoms with Crippen LogP contribution in [-0.2, 0) is 0 Å². The van der Waals surface area contributed by atoms with Gasteiger partial charge in [-0.15, -0.1) is 0 Å². The van der Waals surface area contributed by atoms with Crippen molar-refractivity contribution >= 4 is 50.0 Å². The van der Waals surface area contributed by atoms with Gasteiger partial charge in [0, 0.05) is 34.5 Å². The fourth-order valence-electron chi connectivity index (χ4n) is 8.39. The summed E-state index contributed by atoms with van der Waals surface area (Å²) in [5.41, 5.74) is 20.3. The van der Waals surface area contributed by atoms with Gasteiger partial charge in [-0.3, -0.25) is 0 Å². The summed E-state index contributed by atoms with van der Waals surface area (Å²) >= 11 is 0. The molecule has 0 aliphatic heterocycles. The SMILES string of the molecule is C=C(/C=C\C=C/Nc1ccccc1)c1cccc(-c2cccc(-c3cccc(C(/C=C\Nc4ccccc4)=C/C(=C)c4ccccc4)c3)c2)c1.NCC1C=CC(Oc2cccc3c2oc2ccccc23)=CC1. The number of anilines is 2. The molecule has 5 heteroatoms. The Morgan fingerprint density at radius 1 is 0.556 bits per heavy atom. The number of para-hydroxylation sites is 4. The van der Waals surface area contributed by atoms with E-state index in [4.69, 9.17) is 14.9 Å². The van der Waals surface area contributed by atoms with E-state index < -0.39 is 0 Å². The van der Waals surface area contributed by atoms with Crippen molar-refractivity contribution in [3.63, 3.8) is 0 Å². The molecule has 0 amide bonds. The normalized spacial score (nSPS) is 13.5. The Balaban J connectivity index is 0.000000240. The summed E-state index contributed by atoms with van der Waals surface area (Å²) in [4.78, 5) is 0. The number of hydrogen-bond donors (Lipinski definition) is 3. The predicted octanol–water partition coefficient (Wildman–Crippen LogP) is 17.3. The van der Waals surface area contributed by atoms with E-state index in [-0.39, 0.29) is 0 Å². The molecule has 0 bridgehead atoms. The van der Waals surface area contributed by atoms with E-state index >= 15 is 0 Å². The van der Waals surface area contributed by atoms with Gasteiger partial charge >= 0.3 is 0 Å². The number of fused-ring (bicyclic) bond motifs is 3. The zero-order valence-electron chi connectivity index (χ0n) is 40.2. The lowest BCUT2D eigenvalue weighted by Gasteiger charge is -2.14. The maximum atomic E-state index is 6.03. The summed E-state index contributed by atoms with van der Waals surface area (Å²) in [6.45, 7) is 9.38. The zero-order chi connectivity index (χ0) is 49.3. The van der Waals surface area contributed by atoms with Crippen LogP contribution in [0.1, 0.15) is 23.1 Å². The second-order valence-corrected chi connectivity index (χ2v) is 17.4. The van der Waals surface area contributed by atoms with Crippen molar-refractivity contribution in [2.24, 2.45) is 11.7 Å². The van der Waals surface area contributed by atoms with Crippen molar-refractivity contribution in [3.05, 3.63) is 303 Å². The van der Waals surface area contributed by atoms with E-state index in [9.17, 15) is 0 Å². The van der Waals surface area contributed by atoms with Crippen molar-refractivity contribution in [3.8, 4) is 28.0 Å². The molecule has 72 heavy (non-hydrogen) atoms. The minimum atomic E-state index is 0.411. The number of rotatable bonds is 16. The molecule has 9 aromatic rings. The Morgan fingerprint density at radius 3 is 1.81 bits per heavy atom. The molecule has 0 spiro atoms. The fourth-order valence-corrected chi connectivity index (χ4v) is 8.39. The van der Waals surface area contributed by atoms with Gasteiger partial charge in [-0.1, -0.05) is 183 Å². The standard InChI is InChI=1S/C48H40N2.C19H17NO2/c1-37(17-12-13-31-49-47-26-8-4-9-27-47)40-20-14-21-41(34-40)42-22-15-23-43(35-42)44-24-16-25-45(36-44)46(30-32-50-48-28-10-5-11-29-48)33-38(2)39-18-6-3-7-19-39;20-12-13-8-10-14(11-9-13)21-18-7-3-5-16-15-4-1-2-6-17(15)22-19(16)18/h3-36,49-50H,1-2H2;1-8,10-11,13H,9,12,20H2/b17-12-,31-13-,32-30-,46-33+;. The quantitative estimate of drug-likeness (QED) is 0.0842. The minimum Gasteiger partial charge on any atom is -0.454 e. The van der Waals surface area contributed by atoms with E-state index in [2.05, 4.69) is 157 Å². The maximum absolute atomic E-state index is 6.03. The Bertz CT molecular complexity index is 3480. The van der Waals surface area contributed by atoms with E-state index in [1.54, 1.807) is 0 Å². The maximum Gasteiger partial charge on any atom is 0.177 e. The molecule has 4 N–H and O–H groups in total. The average molecular weight is 936 g/mol. The highest BCUT2D eigenvalue weighted by Gasteiger charge is 2.14. The van der Waals surface area contributed by atoms with Gasteiger partial charge in [-0.05, 0) is 160 Å². The third kappa shape index (κ3) is 12.5. The van der Waals surface area contributed by atoms with Crippen molar-refractivity contribution in [2.75, 3.05) is 17.2 Å². The monoisotopic (exact) mass is 935 g/mol. The Morgan fingerprint density at radius 2 is 1.12 bits per heavy atom. The summed E-state index contributed by atoms with van der Waals surface area (Å²) in [7, 11) is 0. The molecule has 0 saturated carbocycles. The molecule has 5 nitrogen and oxygen atoms in total. The molecule has 0 fully saturated rings. The topological polar surface area (TPSA) is 72.5 Å². The number of allylic oxidation sites excluding steroid dienone is 10. The van der Waals surface area contributed by atoms with Crippen molar-refractivity contribution in [2.45, 2.75) is 6.42 Å². The average Bonchev–Trinajstić information content (AvgIpc) is 3.84. The highest BCUT2D eigenvalue weighted by atomic mass is 16.5. The molecule has 10 rings (SSSR count). The number of furan rings is 1. The van der Waals surface area contributed by atoms with Crippen LogP contribution in [0.25, 0.3) is 60.9 Å². The van der Waals surface area contributed by atoms with Crippen molar-refractivity contribution in [1.29, 1.82) is 0 Å². The van der Waals surface area contributed by atoms with Crippen LogP contribution >= 0.6 is 0 Å². The van der Waals surface area contributed by atoms with E-state index in [1.165, 1.54) is 0 Å². The highest BCUT2D eigenvalue weighted by molar-refractivity contribution is 6.06. The zero-order valence-corrected chi connectivity index (χ0v) is 40.2. The Kier molecular flexibility index (Phi) is 15.9. The van der Waals surface area contributed by atoms with Crippen LogP contribution in [0, 0.1) is 5.92 Å². The van der Waals surface area contributed by atoms with Gasteiger partial charge in [-0.2, -0.15) is 0 Å². The first kappa shape index (κ1) is 47.9. The molecule has 0 saturated heterocycles. The minimum absolute atomic E-state index is 0.411. The lowest BCUT2D eigenvalue weighted by Crippen LogP contribution is -2.13. The van der Waals surface area contributed by atoms with Crippen LogP contribution < -0.4 is 21.1 Å². The number of benzene rings is 8. The van der Waals surface area contributed by atoms with Crippen molar-refractivity contribution in [1.82, 2.24) is 0 Å². The molecule has 1 aliphatic rings. The molecule has 8 aromatic carbocycles. The Hall–Kier alpha value is -9.16. The molecule has 1 unspecified atom stereocenters. The first-order valence-corrected chi connectivity index (χ1v) is 24.2. The van der Waals surface area contributed by atoms with Crippen LogP contribution in [0.4, 0.5) is 11.4 Å². The summed E-state index contributed by atoms with van der Waals surface area (Å²) < 4.78 is 12.0. The summed E-state index contributed by atoms with van der Waals surface area (Å²) in [6.07, 6.45) is 21.3. The highest BCUT2D eigenvalue weighted by Crippen LogP contribution is 2.36. The van der Waals surface area contributed by atoms with E-state index in [1.807, 2.05) is 134 Å². The van der Waals surface area contributed by atoms with Gasteiger partial charge in [0.25, 0.3) is 0 Å². The van der Waals surface area contributed by atoms with Gasteiger partial charge in [0.2, 0.25) is 0 Å². The molecule has 1 aliphatic carbocycles. The smallest absolute Gasteiger partial charge is 0.177 e. The summed E-state index contributed by atoms with van der Waals surface area (Å²) in [6, 6.07) is 70.5. The molecular weight excluding hydrogens is 879 g/mol. The largest absolute Gasteiger partial charge is 0.454 e. The first-order valence-electron chi connectivity index (χ1n) is 24.2. The number of nitrogens with one attached hydrogen (secondary N) is 2. The van der Waals surface area contributed by atoms with Crippen molar-refractivity contribution < 1.29 is 9.15 Å². The van der Waals surface area contributed by atoms with Crippen LogP contribution in [0.15, 0.2) is 291 Å². The molecule has 352 valence electrons. The predicted molar refractivity (Wildman–Crippen MR) is 306 cm³/mol. The second kappa shape index (κ2) is 23.9. The third-order valence-electron chi connectivity index (χ3n) is 12.3. The van der Waals surface area contributed by atoms with Gasteiger partial charge in [0.05, 0.1) is 0 Å². The van der Waals surface area contributed by atoms with Gasteiger partial charge < -0.3 is 25.5 Å². The third-order valence-corrected chi connectivity index (χ3v) is 12.3. The van der Waals surface area contributed by atoms with Crippen LogP contribution in [0.2, 0.25) is 0 Å². The Labute approximate surface area is 423 Å². The molecular formula is C67H57N3O2. The molecule has 1 atom stereocenters. The fraction of sp³-hybridized carbons (Fsp3) is 0.0448. The lowest BCUT2D eigenvalue weighted by atomic mass is 9.94. The first-order chi connectivity index (χ1) is 35.5. The van der Waals surface area contributed by atoms with Gasteiger partial charge in [0.15, 0.2) is 11.3 Å². The van der Waals surface area contributed by atoms with Crippen LogP contribution in [0.5, 0.6) is 5.75 Å². The second-order valence-electron chi connectivity index (χ2n) is 17.4. The lowest BCUT2D eigenvalue weighted by molar-refractivity contribution is 0.430.